The molecule has 0 aliphatic carbocycles. The van der Waals surface area contributed by atoms with Crippen molar-refractivity contribution >= 4 is 5.91 Å². The molecule has 1 fully saturated rings. The number of nitrogens with two attached hydrogens (primary N) is 1. The van der Waals surface area contributed by atoms with Crippen LogP contribution in [0.15, 0.2) is 18.3 Å². The second-order valence-corrected chi connectivity index (χ2v) is 4.98. The van der Waals surface area contributed by atoms with Crippen molar-refractivity contribution in [2.75, 3.05) is 13.1 Å². The van der Waals surface area contributed by atoms with Crippen molar-refractivity contribution in [1.82, 2.24) is 9.47 Å². The van der Waals surface area contributed by atoms with E-state index in [1.54, 1.807) is 6.07 Å². The highest BCUT2D eigenvalue weighted by atomic mass is 16.2. The van der Waals surface area contributed by atoms with E-state index < -0.39 is 6.04 Å². The predicted octanol–water partition coefficient (Wildman–Crippen LogP) is 1.09. The Hall–Kier alpha value is -1.80. The lowest BCUT2D eigenvalue weighted by Crippen LogP contribution is -2.46. The number of carbonyl (C=O) groups is 1. The molecule has 1 aliphatic heterocycles. The number of nitriles is 1. The molecule has 1 aromatic heterocycles. The average Bonchev–Trinajstić information content (AvgIpc) is 2.92. The van der Waals surface area contributed by atoms with Gasteiger partial charge in [-0.25, -0.2) is 0 Å². The molecular formula is C14H20N4O. The predicted molar refractivity (Wildman–Crippen MR) is 72.2 cm³/mol. The lowest BCUT2D eigenvalue weighted by molar-refractivity contribution is -0.133. The number of hydrogen-bond acceptors (Lipinski definition) is 3. The molecule has 1 atom stereocenters. The van der Waals surface area contributed by atoms with E-state index in [9.17, 15) is 4.79 Å². The van der Waals surface area contributed by atoms with E-state index in [0.29, 0.717) is 18.7 Å². The van der Waals surface area contributed by atoms with Crippen LogP contribution < -0.4 is 5.73 Å². The third-order valence-corrected chi connectivity index (χ3v) is 3.61. The molecule has 0 bridgehead atoms. The molecule has 1 aromatic rings. The summed E-state index contributed by atoms with van der Waals surface area (Å²) >= 11 is 0. The highest BCUT2D eigenvalue weighted by Gasteiger charge is 2.22. The molecule has 102 valence electrons. The number of aryl methyl sites for hydroxylation is 1. The maximum absolute atomic E-state index is 12.1. The van der Waals surface area contributed by atoms with Crippen LogP contribution >= 0.6 is 0 Å². The van der Waals surface area contributed by atoms with Gasteiger partial charge in [-0.2, -0.15) is 5.26 Å². The Bertz CT molecular complexity index is 468. The van der Waals surface area contributed by atoms with Gasteiger partial charge in [0.15, 0.2) is 0 Å². The molecule has 2 heterocycles. The summed E-state index contributed by atoms with van der Waals surface area (Å²) in [5, 5.41) is 8.91. The van der Waals surface area contributed by atoms with E-state index in [0.717, 1.165) is 25.9 Å². The molecular weight excluding hydrogens is 240 g/mol. The summed E-state index contributed by atoms with van der Waals surface area (Å²) in [7, 11) is 0. The van der Waals surface area contributed by atoms with Crippen LogP contribution in [-0.4, -0.2) is 34.5 Å². The highest BCUT2D eigenvalue weighted by Crippen LogP contribution is 2.11. The fraction of sp³-hybridized carbons (Fsp3) is 0.571. The van der Waals surface area contributed by atoms with E-state index in [2.05, 4.69) is 6.07 Å². The van der Waals surface area contributed by atoms with Gasteiger partial charge >= 0.3 is 0 Å². The van der Waals surface area contributed by atoms with Gasteiger partial charge < -0.3 is 15.2 Å². The van der Waals surface area contributed by atoms with Crippen molar-refractivity contribution in [2.24, 2.45) is 5.73 Å². The summed E-state index contributed by atoms with van der Waals surface area (Å²) < 4.78 is 1.84. The van der Waals surface area contributed by atoms with Crippen LogP contribution in [-0.2, 0) is 11.3 Å². The second-order valence-electron chi connectivity index (χ2n) is 4.98. The van der Waals surface area contributed by atoms with Crippen molar-refractivity contribution in [1.29, 1.82) is 5.26 Å². The second kappa shape index (κ2) is 6.39. The molecule has 1 aliphatic rings. The Kier molecular flexibility index (Phi) is 4.58. The van der Waals surface area contributed by atoms with Crippen molar-refractivity contribution in [2.45, 2.75) is 38.3 Å². The van der Waals surface area contributed by atoms with Crippen molar-refractivity contribution < 1.29 is 4.79 Å². The van der Waals surface area contributed by atoms with Crippen molar-refractivity contribution in [3.05, 3.63) is 24.0 Å². The molecule has 1 amide bonds. The first-order valence-corrected chi connectivity index (χ1v) is 6.82. The third kappa shape index (κ3) is 3.36. The first-order chi connectivity index (χ1) is 9.22. The summed E-state index contributed by atoms with van der Waals surface area (Å²) in [4.78, 5) is 14.0. The maximum Gasteiger partial charge on any atom is 0.239 e. The summed E-state index contributed by atoms with van der Waals surface area (Å²) in [6, 6.07) is 5.24. The number of likely N-dealkylation sites (tertiary alicyclic amines) is 1. The maximum atomic E-state index is 12.1. The number of piperidine rings is 1. The van der Waals surface area contributed by atoms with E-state index >= 15 is 0 Å². The fourth-order valence-corrected chi connectivity index (χ4v) is 2.46. The van der Waals surface area contributed by atoms with E-state index in [4.69, 9.17) is 11.0 Å². The zero-order chi connectivity index (χ0) is 13.7. The van der Waals surface area contributed by atoms with Gasteiger partial charge in [-0.1, -0.05) is 0 Å². The van der Waals surface area contributed by atoms with E-state index in [1.165, 1.54) is 6.42 Å². The molecule has 0 saturated carbocycles. The number of amides is 1. The molecule has 0 spiro atoms. The lowest BCUT2D eigenvalue weighted by Gasteiger charge is -2.29. The van der Waals surface area contributed by atoms with Crippen LogP contribution in [0.25, 0.3) is 0 Å². The Labute approximate surface area is 113 Å². The zero-order valence-corrected chi connectivity index (χ0v) is 11.1. The van der Waals surface area contributed by atoms with Crippen molar-refractivity contribution in [3.8, 4) is 6.07 Å². The smallest absolute Gasteiger partial charge is 0.239 e. The molecule has 5 nitrogen and oxygen atoms in total. The number of hydrogen-bond donors (Lipinski definition) is 1. The molecule has 5 heteroatoms. The highest BCUT2D eigenvalue weighted by molar-refractivity contribution is 5.81. The average molecular weight is 260 g/mol. The molecule has 2 rings (SSSR count). The van der Waals surface area contributed by atoms with Crippen LogP contribution in [0.5, 0.6) is 0 Å². The first kappa shape index (κ1) is 13.6. The summed E-state index contributed by atoms with van der Waals surface area (Å²) in [5.41, 5.74) is 6.58. The minimum Gasteiger partial charge on any atom is -0.341 e. The fourth-order valence-electron chi connectivity index (χ4n) is 2.46. The Morgan fingerprint density at radius 1 is 1.42 bits per heavy atom. The van der Waals surface area contributed by atoms with Gasteiger partial charge in [0.25, 0.3) is 0 Å². The van der Waals surface area contributed by atoms with Gasteiger partial charge in [-0.3, -0.25) is 4.79 Å². The normalized spacial score (nSPS) is 16.9. The van der Waals surface area contributed by atoms with Gasteiger partial charge in [0.1, 0.15) is 11.8 Å². The molecule has 19 heavy (non-hydrogen) atoms. The molecule has 1 unspecified atom stereocenters. The SMILES string of the molecule is N#Cc1cccn1CCC(N)C(=O)N1CCCCC1. The molecule has 0 aromatic carbocycles. The largest absolute Gasteiger partial charge is 0.341 e. The Balaban J connectivity index is 1.85. The van der Waals surface area contributed by atoms with Crippen LogP contribution in [0, 0.1) is 11.3 Å². The number of nitrogens with zero attached hydrogens (tertiary/aromatic N) is 3. The monoisotopic (exact) mass is 260 g/mol. The lowest BCUT2D eigenvalue weighted by atomic mass is 10.1. The first-order valence-electron chi connectivity index (χ1n) is 6.82. The summed E-state index contributed by atoms with van der Waals surface area (Å²) in [6.07, 6.45) is 5.77. The molecule has 2 N–H and O–H groups in total. The minimum absolute atomic E-state index is 0.0466. The molecule has 1 saturated heterocycles. The standard InChI is InChI=1S/C14H20N4O/c15-11-12-5-4-9-17(12)10-6-13(16)14(19)18-7-2-1-3-8-18/h4-5,9,13H,1-3,6-8,10,16H2. The topological polar surface area (TPSA) is 75.0 Å². The quantitative estimate of drug-likeness (QED) is 0.880. The third-order valence-electron chi connectivity index (χ3n) is 3.61. The van der Waals surface area contributed by atoms with Gasteiger partial charge in [0.05, 0.1) is 6.04 Å². The Morgan fingerprint density at radius 2 is 2.16 bits per heavy atom. The van der Waals surface area contributed by atoms with Crippen LogP contribution in [0.4, 0.5) is 0 Å². The van der Waals surface area contributed by atoms with Gasteiger partial charge in [-0.15, -0.1) is 0 Å². The van der Waals surface area contributed by atoms with Crippen LogP contribution in [0.3, 0.4) is 0 Å². The molecule has 0 radical (unpaired) electrons. The van der Waals surface area contributed by atoms with Gasteiger partial charge in [0.2, 0.25) is 5.91 Å². The van der Waals surface area contributed by atoms with E-state index in [1.807, 2.05) is 21.7 Å². The van der Waals surface area contributed by atoms with Gasteiger partial charge in [-0.05, 0) is 37.8 Å². The summed E-state index contributed by atoms with van der Waals surface area (Å²) in [5.74, 6) is 0.0466. The summed E-state index contributed by atoms with van der Waals surface area (Å²) in [6.45, 7) is 2.27. The zero-order valence-electron chi connectivity index (χ0n) is 11.1. The number of rotatable bonds is 4. The van der Waals surface area contributed by atoms with Gasteiger partial charge in [0, 0.05) is 25.8 Å². The van der Waals surface area contributed by atoms with Crippen LogP contribution in [0.1, 0.15) is 31.4 Å². The van der Waals surface area contributed by atoms with Crippen LogP contribution in [0.2, 0.25) is 0 Å². The number of carbonyl (C=O) groups excluding carboxylic acids is 1. The van der Waals surface area contributed by atoms with E-state index in [-0.39, 0.29) is 5.91 Å². The minimum atomic E-state index is -0.466. The number of aromatic nitrogens is 1. The van der Waals surface area contributed by atoms with Crippen molar-refractivity contribution in [3.63, 3.8) is 0 Å². The Morgan fingerprint density at radius 3 is 2.84 bits per heavy atom.